The van der Waals surface area contributed by atoms with Crippen LogP contribution in [0.25, 0.3) is 10.9 Å². The summed E-state index contributed by atoms with van der Waals surface area (Å²) in [5, 5.41) is 4.89. The maximum absolute atomic E-state index is 3.48. The van der Waals surface area contributed by atoms with Gasteiger partial charge < -0.3 is 9.88 Å². The second-order valence-electron chi connectivity index (χ2n) is 5.25. The molecule has 1 N–H and O–H groups in total. The first-order chi connectivity index (χ1) is 8.77. The van der Waals surface area contributed by atoms with Crippen molar-refractivity contribution < 1.29 is 0 Å². The molecule has 1 unspecified atom stereocenters. The van der Waals surface area contributed by atoms with Gasteiger partial charge in [0.05, 0.1) is 0 Å². The van der Waals surface area contributed by atoms with Crippen molar-refractivity contribution in [2.45, 2.75) is 12.5 Å². The Morgan fingerprint density at radius 2 is 2.00 bits per heavy atom. The molecule has 3 rings (SSSR count). The van der Waals surface area contributed by atoms with Crippen LogP contribution in [0.15, 0.2) is 30.5 Å². The van der Waals surface area contributed by atoms with Gasteiger partial charge in [0, 0.05) is 43.3 Å². The van der Waals surface area contributed by atoms with Gasteiger partial charge in [0.2, 0.25) is 0 Å². The van der Waals surface area contributed by atoms with Crippen LogP contribution in [0, 0.1) is 0 Å². The van der Waals surface area contributed by atoms with Crippen molar-refractivity contribution in [3.63, 3.8) is 0 Å². The Bertz CT molecular complexity index is 544. The summed E-state index contributed by atoms with van der Waals surface area (Å²) in [6, 6.07) is 9.24. The third-order valence-corrected chi connectivity index (χ3v) is 4.05. The van der Waals surface area contributed by atoms with Gasteiger partial charge >= 0.3 is 0 Å². The van der Waals surface area contributed by atoms with E-state index in [2.05, 4.69) is 59.3 Å². The first kappa shape index (κ1) is 11.8. The molecule has 3 heteroatoms. The lowest BCUT2D eigenvalue weighted by Gasteiger charge is -2.25. The second kappa shape index (κ2) is 4.75. The molecule has 1 fully saturated rings. The van der Waals surface area contributed by atoms with E-state index in [0.29, 0.717) is 6.04 Å². The maximum Gasteiger partial charge on any atom is 0.0481 e. The molecule has 3 nitrogen and oxygen atoms in total. The number of hydrogen-bond donors (Lipinski definition) is 1. The zero-order valence-corrected chi connectivity index (χ0v) is 11.2. The highest BCUT2D eigenvalue weighted by atomic mass is 15.2. The number of nitrogens with zero attached hydrogens (tertiary/aromatic N) is 2. The number of nitrogens with one attached hydrogen (secondary N) is 1. The van der Waals surface area contributed by atoms with E-state index in [1.807, 2.05) is 0 Å². The molecule has 0 amide bonds. The molecule has 0 radical (unpaired) electrons. The maximum atomic E-state index is 3.48. The number of benzene rings is 1. The van der Waals surface area contributed by atoms with Crippen molar-refractivity contribution >= 4 is 10.9 Å². The summed E-state index contributed by atoms with van der Waals surface area (Å²) in [7, 11) is 4.38. The molecule has 1 aliphatic rings. The Morgan fingerprint density at radius 3 is 2.89 bits per heavy atom. The Hall–Kier alpha value is -1.32. The van der Waals surface area contributed by atoms with Crippen LogP contribution in [-0.4, -0.2) is 36.1 Å². The largest absolute Gasteiger partial charge is 0.350 e. The summed E-state index contributed by atoms with van der Waals surface area (Å²) in [4.78, 5) is 2.47. The van der Waals surface area contributed by atoms with Crippen molar-refractivity contribution in [2.75, 3.05) is 26.7 Å². The molecule has 18 heavy (non-hydrogen) atoms. The molecular weight excluding hydrogens is 222 g/mol. The van der Waals surface area contributed by atoms with E-state index < -0.39 is 0 Å². The van der Waals surface area contributed by atoms with E-state index in [1.54, 1.807) is 0 Å². The van der Waals surface area contributed by atoms with Crippen LogP contribution >= 0.6 is 0 Å². The minimum Gasteiger partial charge on any atom is -0.350 e. The molecule has 0 aliphatic carbocycles. The number of aryl methyl sites for hydroxylation is 1. The molecule has 96 valence electrons. The fourth-order valence-electron chi connectivity index (χ4n) is 3.03. The molecule has 0 bridgehead atoms. The highest BCUT2D eigenvalue weighted by Crippen LogP contribution is 2.31. The predicted octanol–water partition coefficient (Wildman–Crippen LogP) is 2.14. The number of para-hydroxylation sites is 1. The van der Waals surface area contributed by atoms with E-state index >= 15 is 0 Å². The third kappa shape index (κ3) is 1.93. The fourth-order valence-corrected chi connectivity index (χ4v) is 3.03. The minimum absolute atomic E-state index is 0.533. The summed E-state index contributed by atoms with van der Waals surface area (Å²) in [5.41, 5.74) is 2.80. The molecule has 1 aliphatic heterocycles. The smallest absolute Gasteiger partial charge is 0.0481 e. The van der Waals surface area contributed by atoms with Gasteiger partial charge in [0.1, 0.15) is 0 Å². The Kier molecular flexibility index (Phi) is 3.10. The average molecular weight is 243 g/mol. The van der Waals surface area contributed by atoms with Gasteiger partial charge in [0.15, 0.2) is 0 Å². The molecular formula is C15H21N3. The molecule has 1 aromatic carbocycles. The lowest BCUT2D eigenvalue weighted by atomic mass is 10.0. The van der Waals surface area contributed by atoms with Crippen LogP contribution < -0.4 is 5.32 Å². The first-order valence-corrected chi connectivity index (χ1v) is 6.72. The zero-order valence-electron chi connectivity index (χ0n) is 11.2. The van der Waals surface area contributed by atoms with E-state index in [-0.39, 0.29) is 0 Å². The number of hydrogen-bond acceptors (Lipinski definition) is 2. The Labute approximate surface area is 108 Å². The zero-order chi connectivity index (χ0) is 12.5. The Morgan fingerprint density at radius 1 is 1.17 bits per heavy atom. The summed E-state index contributed by atoms with van der Waals surface area (Å²) in [6.07, 6.45) is 3.49. The van der Waals surface area contributed by atoms with Crippen molar-refractivity contribution in [3.05, 3.63) is 36.0 Å². The van der Waals surface area contributed by atoms with Gasteiger partial charge in [-0.1, -0.05) is 18.2 Å². The fraction of sp³-hybridized carbons (Fsp3) is 0.467. The molecule has 0 spiro atoms. The molecule has 2 heterocycles. The highest BCUT2D eigenvalue weighted by Gasteiger charge is 2.22. The molecule has 1 aromatic heterocycles. The van der Waals surface area contributed by atoms with Crippen LogP contribution in [0.1, 0.15) is 18.0 Å². The summed E-state index contributed by atoms with van der Waals surface area (Å²) in [5.74, 6) is 0. The van der Waals surface area contributed by atoms with Crippen molar-refractivity contribution in [1.82, 2.24) is 14.8 Å². The third-order valence-electron chi connectivity index (χ3n) is 4.05. The summed E-state index contributed by atoms with van der Waals surface area (Å²) >= 11 is 0. The van der Waals surface area contributed by atoms with Crippen LogP contribution in [0.3, 0.4) is 0 Å². The average Bonchev–Trinajstić information content (AvgIpc) is 2.57. The van der Waals surface area contributed by atoms with Gasteiger partial charge in [0.25, 0.3) is 0 Å². The van der Waals surface area contributed by atoms with E-state index in [4.69, 9.17) is 0 Å². The van der Waals surface area contributed by atoms with E-state index in [0.717, 1.165) is 19.6 Å². The minimum atomic E-state index is 0.533. The van der Waals surface area contributed by atoms with Gasteiger partial charge in [-0.25, -0.2) is 0 Å². The molecule has 2 aromatic rings. The number of likely N-dealkylation sites (N-methyl/N-ethyl adjacent to an activating group) is 1. The predicted molar refractivity (Wildman–Crippen MR) is 75.8 cm³/mol. The van der Waals surface area contributed by atoms with E-state index in [1.165, 1.54) is 22.9 Å². The van der Waals surface area contributed by atoms with Gasteiger partial charge in [-0.2, -0.15) is 0 Å². The van der Waals surface area contributed by atoms with E-state index in [9.17, 15) is 0 Å². The van der Waals surface area contributed by atoms with Gasteiger partial charge in [-0.3, -0.25) is 4.90 Å². The monoisotopic (exact) mass is 243 g/mol. The number of fused-ring (bicyclic) bond motifs is 1. The lowest BCUT2D eigenvalue weighted by Crippen LogP contribution is -2.26. The second-order valence-corrected chi connectivity index (χ2v) is 5.25. The first-order valence-electron chi connectivity index (χ1n) is 6.72. The quantitative estimate of drug-likeness (QED) is 0.828. The van der Waals surface area contributed by atoms with Crippen LogP contribution in [0.2, 0.25) is 0 Å². The number of aromatic nitrogens is 1. The highest BCUT2D eigenvalue weighted by molar-refractivity contribution is 5.84. The molecule has 1 atom stereocenters. The number of rotatable bonds is 1. The standard InChI is InChI=1S/C15H21N3/c1-17-10-9-16-8-7-15(17)13-11-18(2)14-6-4-3-5-12(13)14/h3-6,11,15-16H,7-10H2,1-2H3. The van der Waals surface area contributed by atoms with Crippen molar-refractivity contribution in [2.24, 2.45) is 7.05 Å². The molecule has 0 saturated carbocycles. The summed E-state index contributed by atoms with van der Waals surface area (Å²) in [6.45, 7) is 3.32. The van der Waals surface area contributed by atoms with Crippen LogP contribution in [0.5, 0.6) is 0 Å². The van der Waals surface area contributed by atoms with Crippen molar-refractivity contribution in [3.8, 4) is 0 Å². The normalized spacial score (nSPS) is 22.2. The van der Waals surface area contributed by atoms with Crippen molar-refractivity contribution in [1.29, 1.82) is 0 Å². The van der Waals surface area contributed by atoms with Crippen LogP contribution in [0.4, 0.5) is 0 Å². The SMILES string of the molecule is CN1CCNCCC1c1cn(C)c2ccccc12. The lowest BCUT2D eigenvalue weighted by molar-refractivity contribution is 0.259. The molecule has 1 saturated heterocycles. The summed E-state index contributed by atoms with van der Waals surface area (Å²) < 4.78 is 2.25. The topological polar surface area (TPSA) is 20.2 Å². The van der Waals surface area contributed by atoms with Gasteiger partial charge in [-0.05, 0) is 31.6 Å². The van der Waals surface area contributed by atoms with Gasteiger partial charge in [-0.15, -0.1) is 0 Å². The Balaban J connectivity index is 2.07. The van der Waals surface area contributed by atoms with Crippen LogP contribution in [-0.2, 0) is 7.05 Å².